The SMILES string of the molecule is CC(C)N(CC1CC1)C(=O)CC(N)=NO. The molecule has 0 aromatic rings. The fourth-order valence-electron chi connectivity index (χ4n) is 1.47. The van der Waals surface area contributed by atoms with Gasteiger partial charge in [-0.3, -0.25) is 4.79 Å². The highest BCUT2D eigenvalue weighted by Gasteiger charge is 2.28. The highest BCUT2D eigenvalue weighted by Crippen LogP contribution is 2.30. The molecular formula is C10H19N3O2. The zero-order chi connectivity index (χ0) is 11.4. The third-order valence-electron chi connectivity index (χ3n) is 2.56. The molecule has 0 unspecified atom stereocenters. The summed E-state index contributed by atoms with van der Waals surface area (Å²) >= 11 is 0. The molecular weight excluding hydrogens is 194 g/mol. The molecule has 1 fully saturated rings. The second kappa shape index (κ2) is 5.00. The molecule has 0 aliphatic heterocycles. The number of hydrogen-bond donors (Lipinski definition) is 2. The van der Waals surface area contributed by atoms with E-state index < -0.39 is 0 Å². The van der Waals surface area contributed by atoms with Gasteiger partial charge in [0.15, 0.2) is 0 Å². The van der Waals surface area contributed by atoms with Crippen LogP contribution in [0.25, 0.3) is 0 Å². The van der Waals surface area contributed by atoms with Crippen LogP contribution in [0.1, 0.15) is 33.1 Å². The maximum absolute atomic E-state index is 11.8. The van der Waals surface area contributed by atoms with Gasteiger partial charge >= 0.3 is 0 Å². The molecule has 1 aliphatic rings. The van der Waals surface area contributed by atoms with Crippen LogP contribution < -0.4 is 5.73 Å². The normalized spacial score (nSPS) is 16.9. The predicted octanol–water partition coefficient (Wildman–Crippen LogP) is 0.770. The molecule has 5 heteroatoms. The molecule has 5 nitrogen and oxygen atoms in total. The summed E-state index contributed by atoms with van der Waals surface area (Å²) in [7, 11) is 0. The van der Waals surface area contributed by atoms with E-state index in [9.17, 15) is 4.79 Å². The van der Waals surface area contributed by atoms with E-state index in [-0.39, 0.29) is 24.2 Å². The summed E-state index contributed by atoms with van der Waals surface area (Å²) < 4.78 is 0. The fourth-order valence-corrected chi connectivity index (χ4v) is 1.47. The van der Waals surface area contributed by atoms with Gasteiger partial charge < -0.3 is 15.8 Å². The van der Waals surface area contributed by atoms with Crippen LogP contribution in [-0.4, -0.2) is 34.4 Å². The van der Waals surface area contributed by atoms with E-state index in [1.54, 1.807) is 4.90 Å². The van der Waals surface area contributed by atoms with Crippen LogP contribution in [0.5, 0.6) is 0 Å². The van der Waals surface area contributed by atoms with Crippen LogP contribution in [0.2, 0.25) is 0 Å². The Hall–Kier alpha value is -1.26. The second-order valence-corrected chi connectivity index (χ2v) is 4.35. The van der Waals surface area contributed by atoms with Gasteiger partial charge in [-0.15, -0.1) is 0 Å². The van der Waals surface area contributed by atoms with E-state index in [4.69, 9.17) is 10.9 Å². The lowest BCUT2D eigenvalue weighted by Gasteiger charge is -2.26. The van der Waals surface area contributed by atoms with Gasteiger partial charge in [0.25, 0.3) is 0 Å². The highest BCUT2D eigenvalue weighted by molar-refractivity contribution is 5.98. The van der Waals surface area contributed by atoms with E-state index in [0.29, 0.717) is 5.92 Å². The first-order chi connectivity index (χ1) is 7.04. The summed E-state index contributed by atoms with van der Waals surface area (Å²) in [5, 5.41) is 11.2. The van der Waals surface area contributed by atoms with Crippen molar-refractivity contribution in [1.29, 1.82) is 0 Å². The first kappa shape index (κ1) is 11.8. The second-order valence-electron chi connectivity index (χ2n) is 4.35. The number of nitrogens with zero attached hydrogens (tertiary/aromatic N) is 2. The summed E-state index contributed by atoms with van der Waals surface area (Å²) in [5.41, 5.74) is 5.31. The Bertz CT molecular complexity index is 259. The zero-order valence-electron chi connectivity index (χ0n) is 9.31. The fraction of sp³-hybridized carbons (Fsp3) is 0.800. The first-order valence-corrected chi connectivity index (χ1v) is 5.30. The molecule has 1 aliphatic carbocycles. The molecule has 0 saturated heterocycles. The van der Waals surface area contributed by atoms with E-state index in [0.717, 1.165) is 6.54 Å². The minimum atomic E-state index is -0.0628. The van der Waals surface area contributed by atoms with Crippen molar-refractivity contribution in [3.05, 3.63) is 0 Å². The third kappa shape index (κ3) is 3.77. The van der Waals surface area contributed by atoms with Crippen LogP contribution >= 0.6 is 0 Å². The zero-order valence-corrected chi connectivity index (χ0v) is 9.31. The Morgan fingerprint density at radius 2 is 2.20 bits per heavy atom. The highest BCUT2D eigenvalue weighted by atomic mass is 16.4. The minimum Gasteiger partial charge on any atom is -0.409 e. The Kier molecular flexibility index (Phi) is 3.94. The molecule has 0 radical (unpaired) electrons. The smallest absolute Gasteiger partial charge is 0.230 e. The molecule has 1 saturated carbocycles. The largest absolute Gasteiger partial charge is 0.409 e. The van der Waals surface area contributed by atoms with E-state index in [1.807, 2.05) is 13.8 Å². The average molecular weight is 213 g/mol. The number of amides is 1. The number of oxime groups is 1. The van der Waals surface area contributed by atoms with E-state index in [2.05, 4.69) is 5.16 Å². The molecule has 0 spiro atoms. The minimum absolute atomic E-state index is 0.00139. The summed E-state index contributed by atoms with van der Waals surface area (Å²) in [6.45, 7) is 4.76. The number of hydrogen-bond acceptors (Lipinski definition) is 3. The molecule has 0 aromatic heterocycles. The van der Waals surface area contributed by atoms with E-state index >= 15 is 0 Å². The van der Waals surface area contributed by atoms with Crippen molar-refractivity contribution in [2.75, 3.05) is 6.54 Å². The molecule has 1 rings (SSSR count). The summed E-state index contributed by atoms with van der Waals surface area (Å²) in [4.78, 5) is 13.6. The molecule has 0 aromatic carbocycles. The van der Waals surface area contributed by atoms with E-state index in [1.165, 1.54) is 12.8 Å². The standard InChI is InChI=1S/C10H19N3O2/c1-7(2)13(6-8-3-4-8)10(14)5-9(11)12-15/h7-8,15H,3-6H2,1-2H3,(H2,11,12). The monoisotopic (exact) mass is 213 g/mol. The Labute approximate surface area is 89.9 Å². The molecule has 86 valence electrons. The third-order valence-corrected chi connectivity index (χ3v) is 2.56. The van der Waals surface area contributed by atoms with Crippen molar-refractivity contribution in [3.8, 4) is 0 Å². The predicted molar refractivity (Wildman–Crippen MR) is 57.6 cm³/mol. The molecule has 3 N–H and O–H groups in total. The van der Waals surface area contributed by atoms with Crippen LogP contribution in [-0.2, 0) is 4.79 Å². The van der Waals surface area contributed by atoms with Gasteiger partial charge in [-0.25, -0.2) is 0 Å². The first-order valence-electron chi connectivity index (χ1n) is 5.30. The molecule has 15 heavy (non-hydrogen) atoms. The molecule has 1 amide bonds. The van der Waals surface area contributed by atoms with Crippen molar-refractivity contribution in [2.24, 2.45) is 16.8 Å². The van der Waals surface area contributed by atoms with Gasteiger partial charge in [-0.2, -0.15) is 0 Å². The summed E-state index contributed by atoms with van der Waals surface area (Å²) in [5.74, 6) is 0.567. The average Bonchev–Trinajstić information content (AvgIpc) is 2.96. The summed E-state index contributed by atoms with van der Waals surface area (Å²) in [6, 6.07) is 0.171. The molecule has 0 bridgehead atoms. The number of nitrogens with two attached hydrogens (primary N) is 1. The Morgan fingerprint density at radius 1 is 1.60 bits per heavy atom. The molecule has 0 heterocycles. The maximum Gasteiger partial charge on any atom is 0.230 e. The van der Waals surface area contributed by atoms with Crippen LogP contribution in [0.15, 0.2) is 5.16 Å². The van der Waals surface area contributed by atoms with Crippen LogP contribution in [0.3, 0.4) is 0 Å². The number of carbonyl (C=O) groups is 1. The van der Waals surface area contributed by atoms with Crippen molar-refractivity contribution < 1.29 is 10.0 Å². The Morgan fingerprint density at radius 3 is 2.60 bits per heavy atom. The van der Waals surface area contributed by atoms with Gasteiger partial charge in [-0.05, 0) is 32.6 Å². The topological polar surface area (TPSA) is 78.9 Å². The lowest BCUT2D eigenvalue weighted by Crippen LogP contribution is -2.40. The lowest BCUT2D eigenvalue weighted by atomic mass is 10.2. The van der Waals surface area contributed by atoms with Gasteiger partial charge in [-0.1, -0.05) is 5.16 Å². The van der Waals surface area contributed by atoms with Crippen molar-refractivity contribution in [1.82, 2.24) is 4.90 Å². The van der Waals surface area contributed by atoms with Crippen LogP contribution in [0, 0.1) is 5.92 Å². The van der Waals surface area contributed by atoms with Crippen molar-refractivity contribution in [2.45, 2.75) is 39.2 Å². The summed E-state index contributed by atoms with van der Waals surface area (Å²) in [6.07, 6.45) is 2.42. The maximum atomic E-state index is 11.8. The lowest BCUT2D eigenvalue weighted by molar-refractivity contribution is -0.131. The number of carbonyl (C=O) groups excluding carboxylic acids is 1. The van der Waals surface area contributed by atoms with Gasteiger partial charge in [0, 0.05) is 12.6 Å². The number of rotatable bonds is 5. The van der Waals surface area contributed by atoms with Crippen molar-refractivity contribution >= 4 is 11.7 Å². The van der Waals surface area contributed by atoms with Gasteiger partial charge in [0.05, 0.1) is 6.42 Å². The van der Waals surface area contributed by atoms with Crippen molar-refractivity contribution in [3.63, 3.8) is 0 Å². The molecule has 0 atom stereocenters. The van der Waals surface area contributed by atoms with Gasteiger partial charge in [0.1, 0.15) is 5.84 Å². The number of amidine groups is 1. The Balaban J connectivity index is 2.49. The van der Waals surface area contributed by atoms with Gasteiger partial charge in [0.2, 0.25) is 5.91 Å². The van der Waals surface area contributed by atoms with Crippen LogP contribution in [0.4, 0.5) is 0 Å². The quantitative estimate of drug-likeness (QED) is 0.306.